The monoisotopic (exact) mass is 279 g/mol. The highest BCUT2D eigenvalue weighted by atomic mass is 19.1. The molecule has 1 saturated heterocycles. The fourth-order valence-electron chi connectivity index (χ4n) is 2.73. The third kappa shape index (κ3) is 3.79. The van der Waals surface area contributed by atoms with E-state index in [1.165, 1.54) is 18.6 Å². The van der Waals surface area contributed by atoms with E-state index in [2.05, 4.69) is 18.7 Å². The van der Waals surface area contributed by atoms with Gasteiger partial charge in [-0.3, -0.25) is 4.90 Å². The highest BCUT2D eigenvalue weighted by Crippen LogP contribution is 2.30. The van der Waals surface area contributed by atoms with Gasteiger partial charge in [-0.25, -0.2) is 9.18 Å². The molecule has 4 heteroatoms. The second kappa shape index (κ2) is 5.92. The first-order chi connectivity index (χ1) is 9.37. The molecular weight excluding hydrogens is 257 g/mol. The summed E-state index contributed by atoms with van der Waals surface area (Å²) >= 11 is 0. The Morgan fingerprint density at radius 2 is 2.10 bits per heavy atom. The summed E-state index contributed by atoms with van der Waals surface area (Å²) < 4.78 is 13.4. The van der Waals surface area contributed by atoms with Crippen LogP contribution in [0.3, 0.4) is 0 Å². The predicted octanol–water partition coefficient (Wildman–Crippen LogP) is 3.54. The number of aromatic carboxylic acids is 1. The average molecular weight is 279 g/mol. The van der Waals surface area contributed by atoms with Crippen LogP contribution in [0.4, 0.5) is 4.39 Å². The fraction of sp³-hybridized carbons (Fsp3) is 0.562. The molecule has 20 heavy (non-hydrogen) atoms. The van der Waals surface area contributed by atoms with E-state index in [1.54, 1.807) is 6.07 Å². The first-order valence-electron chi connectivity index (χ1n) is 7.11. The zero-order valence-electron chi connectivity index (χ0n) is 12.2. The minimum Gasteiger partial charge on any atom is -0.478 e. The third-order valence-corrected chi connectivity index (χ3v) is 4.10. The number of carboxylic acids is 1. The van der Waals surface area contributed by atoms with Gasteiger partial charge in [0.05, 0.1) is 5.56 Å². The van der Waals surface area contributed by atoms with Crippen molar-refractivity contribution in [2.24, 2.45) is 5.41 Å². The molecule has 0 aromatic heterocycles. The highest BCUT2D eigenvalue weighted by molar-refractivity contribution is 5.88. The van der Waals surface area contributed by atoms with E-state index in [0.717, 1.165) is 31.5 Å². The molecule has 0 atom stereocenters. The van der Waals surface area contributed by atoms with Crippen LogP contribution in [0.25, 0.3) is 0 Å². The number of nitrogens with zero attached hydrogens (tertiary/aromatic N) is 1. The van der Waals surface area contributed by atoms with E-state index in [1.807, 2.05) is 0 Å². The molecule has 1 aliphatic heterocycles. The molecule has 0 spiro atoms. The van der Waals surface area contributed by atoms with Crippen LogP contribution in [0.15, 0.2) is 18.2 Å². The molecule has 1 aromatic carbocycles. The van der Waals surface area contributed by atoms with Crippen LogP contribution in [0.1, 0.15) is 49.0 Å². The average Bonchev–Trinajstić information content (AvgIpc) is 2.53. The Morgan fingerprint density at radius 1 is 1.35 bits per heavy atom. The minimum atomic E-state index is -1.21. The van der Waals surface area contributed by atoms with Crippen LogP contribution >= 0.6 is 0 Å². The number of hydrogen-bond acceptors (Lipinski definition) is 2. The first kappa shape index (κ1) is 15.0. The van der Waals surface area contributed by atoms with Crippen molar-refractivity contribution in [1.82, 2.24) is 4.90 Å². The van der Waals surface area contributed by atoms with Gasteiger partial charge in [-0.05, 0) is 55.5 Å². The lowest BCUT2D eigenvalue weighted by atomic mass is 9.85. The van der Waals surface area contributed by atoms with Gasteiger partial charge >= 0.3 is 5.97 Å². The number of carboxylic acid groups (broad SMARTS) is 1. The Morgan fingerprint density at radius 3 is 2.80 bits per heavy atom. The molecule has 1 heterocycles. The maximum absolute atomic E-state index is 13.4. The fourth-order valence-corrected chi connectivity index (χ4v) is 2.73. The molecular formula is C16H22FNO2. The first-order valence-corrected chi connectivity index (χ1v) is 7.11. The third-order valence-electron chi connectivity index (χ3n) is 4.10. The molecule has 1 fully saturated rings. The Hall–Kier alpha value is -1.42. The van der Waals surface area contributed by atoms with Crippen molar-refractivity contribution in [2.45, 2.75) is 39.7 Å². The van der Waals surface area contributed by atoms with Crippen LogP contribution in [-0.2, 0) is 6.54 Å². The molecule has 3 nitrogen and oxygen atoms in total. The van der Waals surface area contributed by atoms with Crippen LogP contribution in [-0.4, -0.2) is 29.1 Å². The van der Waals surface area contributed by atoms with Gasteiger partial charge in [0.25, 0.3) is 0 Å². The van der Waals surface area contributed by atoms with Gasteiger partial charge < -0.3 is 5.11 Å². The van der Waals surface area contributed by atoms with E-state index in [4.69, 9.17) is 5.11 Å². The second-order valence-electron chi connectivity index (χ2n) is 6.41. The number of carbonyl (C=O) groups is 1. The Labute approximate surface area is 119 Å². The van der Waals surface area contributed by atoms with E-state index in [-0.39, 0.29) is 5.56 Å². The molecule has 0 saturated carbocycles. The van der Waals surface area contributed by atoms with Crippen molar-refractivity contribution in [2.75, 3.05) is 13.1 Å². The molecule has 1 N–H and O–H groups in total. The molecule has 0 amide bonds. The summed E-state index contributed by atoms with van der Waals surface area (Å²) in [5.41, 5.74) is 1.00. The summed E-state index contributed by atoms with van der Waals surface area (Å²) in [6.45, 7) is 7.29. The topological polar surface area (TPSA) is 40.5 Å². The van der Waals surface area contributed by atoms with Crippen molar-refractivity contribution in [3.05, 3.63) is 35.1 Å². The summed E-state index contributed by atoms with van der Waals surface area (Å²) in [7, 11) is 0. The number of benzene rings is 1. The largest absolute Gasteiger partial charge is 0.478 e. The summed E-state index contributed by atoms with van der Waals surface area (Å²) in [5.74, 6) is -1.88. The van der Waals surface area contributed by atoms with Gasteiger partial charge in [0.1, 0.15) is 5.82 Å². The molecule has 0 unspecified atom stereocenters. The zero-order valence-corrected chi connectivity index (χ0v) is 12.2. The maximum atomic E-state index is 13.4. The minimum absolute atomic E-state index is 0.238. The van der Waals surface area contributed by atoms with E-state index >= 15 is 0 Å². The van der Waals surface area contributed by atoms with Gasteiger partial charge in [-0.1, -0.05) is 19.9 Å². The van der Waals surface area contributed by atoms with Crippen molar-refractivity contribution in [1.29, 1.82) is 0 Å². The molecule has 0 bridgehead atoms. The van der Waals surface area contributed by atoms with E-state index in [9.17, 15) is 9.18 Å². The van der Waals surface area contributed by atoms with Gasteiger partial charge in [-0.15, -0.1) is 0 Å². The molecule has 1 aromatic rings. The number of likely N-dealkylation sites (tertiary alicyclic amines) is 1. The Bertz CT molecular complexity index is 499. The van der Waals surface area contributed by atoms with Gasteiger partial charge in [0.2, 0.25) is 0 Å². The lowest BCUT2D eigenvalue weighted by molar-refractivity contribution is 0.0691. The second-order valence-corrected chi connectivity index (χ2v) is 6.41. The van der Waals surface area contributed by atoms with Crippen molar-refractivity contribution >= 4 is 5.97 Å². The molecule has 0 radical (unpaired) electrons. The lowest BCUT2D eigenvalue weighted by Crippen LogP contribution is -2.25. The zero-order chi connectivity index (χ0) is 14.8. The number of halogens is 1. The lowest BCUT2D eigenvalue weighted by Gasteiger charge is -2.23. The maximum Gasteiger partial charge on any atom is 0.338 e. The Balaban J connectivity index is 2.06. The Kier molecular flexibility index (Phi) is 4.43. The quantitative estimate of drug-likeness (QED) is 0.920. The predicted molar refractivity (Wildman–Crippen MR) is 76.3 cm³/mol. The van der Waals surface area contributed by atoms with E-state index < -0.39 is 11.8 Å². The van der Waals surface area contributed by atoms with Crippen molar-refractivity contribution in [3.8, 4) is 0 Å². The molecule has 1 aliphatic rings. The summed E-state index contributed by atoms with van der Waals surface area (Å²) in [6.07, 6.45) is 3.51. The van der Waals surface area contributed by atoms with Gasteiger partial charge in [0, 0.05) is 6.54 Å². The van der Waals surface area contributed by atoms with Crippen molar-refractivity contribution in [3.63, 3.8) is 0 Å². The van der Waals surface area contributed by atoms with Gasteiger partial charge in [0.15, 0.2) is 0 Å². The van der Waals surface area contributed by atoms with Crippen LogP contribution in [0, 0.1) is 11.2 Å². The number of hydrogen-bond donors (Lipinski definition) is 1. The van der Waals surface area contributed by atoms with Crippen LogP contribution in [0.2, 0.25) is 0 Å². The van der Waals surface area contributed by atoms with Crippen molar-refractivity contribution < 1.29 is 14.3 Å². The molecule has 0 aliphatic carbocycles. The van der Waals surface area contributed by atoms with Crippen LogP contribution in [0.5, 0.6) is 0 Å². The normalized spacial score (nSPS) is 19.6. The summed E-state index contributed by atoms with van der Waals surface area (Å²) in [5, 5.41) is 8.96. The van der Waals surface area contributed by atoms with Gasteiger partial charge in [-0.2, -0.15) is 0 Å². The molecule has 2 rings (SSSR count). The van der Waals surface area contributed by atoms with E-state index in [0.29, 0.717) is 12.0 Å². The molecule has 110 valence electrons. The SMILES string of the molecule is CC1(C)CCCN(Cc2ccc(F)c(C(=O)O)c2)CC1. The van der Waals surface area contributed by atoms with Crippen LogP contribution < -0.4 is 0 Å². The summed E-state index contributed by atoms with van der Waals surface area (Å²) in [6, 6.07) is 4.38. The standard InChI is InChI=1S/C16H22FNO2/c1-16(2)6-3-8-18(9-7-16)11-12-4-5-14(17)13(10-12)15(19)20/h4-5,10H,3,6-9,11H2,1-2H3,(H,19,20). The number of rotatable bonds is 3. The summed E-state index contributed by atoms with van der Waals surface area (Å²) in [4.78, 5) is 13.3. The highest BCUT2D eigenvalue weighted by Gasteiger charge is 2.23. The smallest absolute Gasteiger partial charge is 0.338 e.